The van der Waals surface area contributed by atoms with E-state index in [0.717, 1.165) is 24.3 Å². The zero-order valence-electron chi connectivity index (χ0n) is 10.7. The molecule has 0 unspecified atom stereocenters. The zero-order valence-corrected chi connectivity index (χ0v) is 11.5. The summed E-state index contributed by atoms with van der Waals surface area (Å²) in [6.45, 7) is 0.213. The molecule has 1 aliphatic carbocycles. The lowest BCUT2D eigenvalue weighted by molar-refractivity contribution is 0.189. The first kappa shape index (κ1) is 14.2. The summed E-state index contributed by atoms with van der Waals surface area (Å²) in [7, 11) is 0. The molecule has 2 atom stereocenters. The fraction of sp³-hybridized carbons (Fsp3) is 0.500. The number of aliphatic hydroxyl groups is 1. The molecule has 19 heavy (non-hydrogen) atoms. The molecular formula is C14H19NO3S. The molecule has 1 aromatic rings. The Morgan fingerprint density at radius 3 is 2.95 bits per heavy atom. The van der Waals surface area contributed by atoms with Crippen molar-refractivity contribution in [2.75, 3.05) is 18.1 Å². The Morgan fingerprint density at radius 1 is 1.42 bits per heavy atom. The highest BCUT2D eigenvalue weighted by molar-refractivity contribution is 7.99. The molecule has 0 aromatic heterocycles. The van der Waals surface area contributed by atoms with Crippen LogP contribution in [0.5, 0.6) is 0 Å². The Hall–Kier alpha value is -1.20. The standard InChI is InChI=1S/C14H19NO3S/c16-6-3-7-19-9-12-11-5-2-1-4-10(11)8-13(12)15-14(17)18/h1-2,4-5,12-13,15-16H,3,6-9H2,(H,17,18)/t12-,13-/m1/s1. The van der Waals surface area contributed by atoms with Crippen molar-refractivity contribution < 1.29 is 15.0 Å². The van der Waals surface area contributed by atoms with Crippen LogP contribution in [0, 0.1) is 0 Å². The van der Waals surface area contributed by atoms with E-state index in [4.69, 9.17) is 10.2 Å². The van der Waals surface area contributed by atoms with E-state index in [9.17, 15) is 4.79 Å². The predicted molar refractivity (Wildman–Crippen MR) is 76.9 cm³/mol. The van der Waals surface area contributed by atoms with Crippen molar-refractivity contribution in [3.05, 3.63) is 35.4 Å². The Morgan fingerprint density at radius 2 is 2.21 bits per heavy atom. The molecule has 0 bridgehead atoms. The number of benzene rings is 1. The molecule has 0 aliphatic heterocycles. The maximum absolute atomic E-state index is 10.9. The molecule has 1 aliphatic rings. The van der Waals surface area contributed by atoms with Gasteiger partial charge in [-0.25, -0.2) is 4.79 Å². The van der Waals surface area contributed by atoms with Crippen molar-refractivity contribution in [3.8, 4) is 0 Å². The smallest absolute Gasteiger partial charge is 0.404 e. The molecule has 0 saturated heterocycles. The number of hydrogen-bond acceptors (Lipinski definition) is 3. The number of thioether (sulfide) groups is 1. The maximum Gasteiger partial charge on any atom is 0.404 e. The highest BCUT2D eigenvalue weighted by Crippen LogP contribution is 2.35. The van der Waals surface area contributed by atoms with Gasteiger partial charge in [-0.15, -0.1) is 0 Å². The second-order valence-corrected chi connectivity index (χ2v) is 5.87. The average Bonchev–Trinajstić information content (AvgIpc) is 2.72. The zero-order chi connectivity index (χ0) is 13.7. The van der Waals surface area contributed by atoms with Gasteiger partial charge in [-0.05, 0) is 29.7 Å². The van der Waals surface area contributed by atoms with Gasteiger partial charge in [0.1, 0.15) is 0 Å². The van der Waals surface area contributed by atoms with Crippen LogP contribution in [0.3, 0.4) is 0 Å². The van der Waals surface area contributed by atoms with Gasteiger partial charge in [-0.1, -0.05) is 24.3 Å². The first-order valence-corrected chi connectivity index (χ1v) is 7.63. The van der Waals surface area contributed by atoms with Crippen molar-refractivity contribution in [1.82, 2.24) is 5.32 Å². The SMILES string of the molecule is O=C(O)N[C@@H]1Cc2ccccc2[C@H]1CSCCCO. The van der Waals surface area contributed by atoms with Gasteiger partial charge in [0, 0.05) is 24.3 Å². The van der Waals surface area contributed by atoms with Crippen LogP contribution in [0.15, 0.2) is 24.3 Å². The summed E-state index contributed by atoms with van der Waals surface area (Å²) in [5.41, 5.74) is 2.51. The minimum atomic E-state index is -0.955. The summed E-state index contributed by atoms with van der Waals surface area (Å²) in [5, 5.41) is 20.3. The third-order valence-corrected chi connectivity index (χ3v) is 4.61. The molecule has 1 aromatic carbocycles. The van der Waals surface area contributed by atoms with Crippen molar-refractivity contribution >= 4 is 17.9 Å². The Kier molecular flexibility index (Phi) is 5.10. The molecule has 2 rings (SSSR count). The summed E-state index contributed by atoms with van der Waals surface area (Å²) < 4.78 is 0. The van der Waals surface area contributed by atoms with Crippen molar-refractivity contribution in [1.29, 1.82) is 0 Å². The van der Waals surface area contributed by atoms with Crippen LogP contribution in [0.4, 0.5) is 4.79 Å². The summed E-state index contributed by atoms with van der Waals surface area (Å²) in [4.78, 5) is 10.9. The van der Waals surface area contributed by atoms with E-state index >= 15 is 0 Å². The van der Waals surface area contributed by atoms with Gasteiger partial charge in [0.05, 0.1) is 0 Å². The minimum Gasteiger partial charge on any atom is -0.465 e. The molecule has 3 N–H and O–H groups in total. The quantitative estimate of drug-likeness (QED) is 0.698. The Balaban J connectivity index is 2.03. The fourth-order valence-corrected chi connectivity index (χ4v) is 3.74. The number of hydrogen-bond donors (Lipinski definition) is 3. The number of fused-ring (bicyclic) bond motifs is 1. The van der Waals surface area contributed by atoms with E-state index < -0.39 is 6.09 Å². The third kappa shape index (κ3) is 3.64. The third-order valence-electron chi connectivity index (χ3n) is 3.43. The van der Waals surface area contributed by atoms with E-state index in [1.54, 1.807) is 11.8 Å². The summed E-state index contributed by atoms with van der Waals surface area (Å²) in [6, 6.07) is 8.14. The van der Waals surface area contributed by atoms with Crippen LogP contribution < -0.4 is 5.32 Å². The van der Waals surface area contributed by atoms with Gasteiger partial charge in [-0.2, -0.15) is 11.8 Å². The minimum absolute atomic E-state index is 0.0310. The molecule has 0 heterocycles. The van der Waals surface area contributed by atoms with Gasteiger partial charge in [0.2, 0.25) is 0 Å². The first-order chi connectivity index (χ1) is 9.22. The van der Waals surface area contributed by atoms with E-state index in [1.165, 1.54) is 11.1 Å². The average molecular weight is 281 g/mol. The number of aliphatic hydroxyl groups excluding tert-OH is 1. The van der Waals surface area contributed by atoms with Crippen LogP contribution >= 0.6 is 11.8 Å². The lowest BCUT2D eigenvalue weighted by Gasteiger charge is -2.20. The number of rotatable bonds is 6. The van der Waals surface area contributed by atoms with E-state index in [-0.39, 0.29) is 18.6 Å². The molecule has 104 valence electrons. The summed E-state index contributed by atoms with van der Waals surface area (Å²) >= 11 is 1.78. The van der Waals surface area contributed by atoms with Gasteiger partial charge in [0.25, 0.3) is 0 Å². The van der Waals surface area contributed by atoms with Crippen LogP contribution in [0.25, 0.3) is 0 Å². The van der Waals surface area contributed by atoms with Gasteiger partial charge in [0.15, 0.2) is 0 Å². The lowest BCUT2D eigenvalue weighted by Crippen LogP contribution is -2.37. The highest BCUT2D eigenvalue weighted by Gasteiger charge is 2.32. The number of nitrogens with one attached hydrogen (secondary N) is 1. The Labute approximate surface area is 117 Å². The number of carbonyl (C=O) groups is 1. The molecule has 1 amide bonds. The van der Waals surface area contributed by atoms with E-state index in [2.05, 4.69) is 17.4 Å². The molecule has 0 radical (unpaired) electrons. The molecule has 0 spiro atoms. The van der Waals surface area contributed by atoms with Crippen molar-refractivity contribution in [2.45, 2.75) is 24.8 Å². The summed E-state index contributed by atoms with van der Waals surface area (Å²) in [5.74, 6) is 2.03. The highest BCUT2D eigenvalue weighted by atomic mass is 32.2. The molecular weight excluding hydrogens is 262 g/mol. The Bertz CT molecular complexity index is 438. The molecule has 5 heteroatoms. The first-order valence-electron chi connectivity index (χ1n) is 6.48. The van der Waals surface area contributed by atoms with Crippen LogP contribution in [-0.4, -0.2) is 40.5 Å². The van der Waals surface area contributed by atoms with Gasteiger partial charge >= 0.3 is 6.09 Å². The normalized spacial score (nSPS) is 21.1. The summed E-state index contributed by atoms with van der Waals surface area (Å²) in [6.07, 6.45) is 0.604. The van der Waals surface area contributed by atoms with Crippen LogP contribution in [0.2, 0.25) is 0 Å². The van der Waals surface area contributed by atoms with Gasteiger partial charge in [-0.3, -0.25) is 0 Å². The topological polar surface area (TPSA) is 69.6 Å². The lowest BCUT2D eigenvalue weighted by atomic mass is 10.0. The monoisotopic (exact) mass is 281 g/mol. The predicted octanol–water partition coefficient (Wildman–Crippen LogP) is 2.08. The van der Waals surface area contributed by atoms with Crippen LogP contribution in [-0.2, 0) is 6.42 Å². The maximum atomic E-state index is 10.9. The number of amides is 1. The van der Waals surface area contributed by atoms with E-state index in [1.807, 2.05) is 12.1 Å². The second kappa shape index (κ2) is 6.82. The molecule has 0 fully saturated rings. The molecule has 4 nitrogen and oxygen atoms in total. The molecule has 0 saturated carbocycles. The largest absolute Gasteiger partial charge is 0.465 e. The second-order valence-electron chi connectivity index (χ2n) is 4.72. The van der Waals surface area contributed by atoms with Crippen molar-refractivity contribution in [3.63, 3.8) is 0 Å². The van der Waals surface area contributed by atoms with Crippen molar-refractivity contribution in [2.24, 2.45) is 0 Å². The number of carboxylic acid groups (broad SMARTS) is 1. The van der Waals surface area contributed by atoms with Crippen LogP contribution in [0.1, 0.15) is 23.5 Å². The van der Waals surface area contributed by atoms with Gasteiger partial charge < -0.3 is 15.5 Å². The fourth-order valence-electron chi connectivity index (χ4n) is 2.57. The van der Waals surface area contributed by atoms with E-state index in [0.29, 0.717) is 0 Å².